The molecule has 2 aliphatic rings. The van der Waals surface area contributed by atoms with Gasteiger partial charge < -0.3 is 30.4 Å². The number of likely N-dealkylation sites (tertiary alicyclic amines) is 2. The number of carbonyl (C=O) groups is 2. The summed E-state index contributed by atoms with van der Waals surface area (Å²) in [5.74, 6) is -6.46. The van der Waals surface area contributed by atoms with Crippen LogP contribution in [-0.2, 0) is 32.2 Å². The van der Waals surface area contributed by atoms with Gasteiger partial charge in [-0.1, -0.05) is 60.7 Å². The topological polar surface area (TPSA) is 130 Å². The number of benzene rings is 2. The summed E-state index contributed by atoms with van der Waals surface area (Å²) in [4.78, 5) is 26.3. The van der Waals surface area contributed by atoms with Crippen molar-refractivity contribution in [1.82, 2.24) is 9.80 Å². The Labute approximate surface area is 279 Å². The molecule has 2 fully saturated rings. The van der Waals surface area contributed by atoms with E-state index < -0.39 is 59.4 Å². The fourth-order valence-corrected chi connectivity index (χ4v) is 5.00. The standard InChI is InChI=1S/2C17H24F2N2O3/c2*1-16(2,3)24-15(22)21-9-13(20)17(18,19)14(21)11-23-10-12-7-5-4-6-8-12/h2*4-8,13-14H,9-11,20H2,1-3H3/t2*13-,14-/m11/s1. The monoisotopic (exact) mass is 684 g/mol. The van der Waals surface area contributed by atoms with Crippen LogP contribution >= 0.6 is 0 Å². The molecule has 0 aromatic heterocycles. The van der Waals surface area contributed by atoms with Gasteiger partial charge in [0.05, 0.1) is 38.5 Å². The van der Waals surface area contributed by atoms with Gasteiger partial charge in [-0.25, -0.2) is 27.2 Å². The van der Waals surface area contributed by atoms with E-state index in [9.17, 15) is 27.2 Å². The number of rotatable bonds is 8. The molecule has 2 amide bonds. The van der Waals surface area contributed by atoms with Crippen LogP contribution in [0.3, 0.4) is 0 Å². The predicted octanol–water partition coefficient (Wildman–Crippen LogP) is 5.57. The molecule has 4 N–H and O–H groups in total. The van der Waals surface area contributed by atoms with Crippen LogP contribution in [0.25, 0.3) is 0 Å². The first-order chi connectivity index (χ1) is 22.2. The number of ether oxygens (including phenoxy) is 4. The Morgan fingerprint density at radius 3 is 1.27 bits per heavy atom. The van der Waals surface area contributed by atoms with Crippen molar-refractivity contribution < 1.29 is 46.1 Å². The number of hydrogen-bond donors (Lipinski definition) is 2. The average molecular weight is 685 g/mol. The summed E-state index contributed by atoms with van der Waals surface area (Å²) in [6.45, 7) is 9.31. The summed E-state index contributed by atoms with van der Waals surface area (Å²) < 4.78 is 78.5. The third-order valence-electron chi connectivity index (χ3n) is 7.45. The van der Waals surface area contributed by atoms with Crippen LogP contribution in [0.5, 0.6) is 0 Å². The van der Waals surface area contributed by atoms with Gasteiger partial charge >= 0.3 is 12.2 Å². The third kappa shape index (κ3) is 10.8. The second-order valence-electron chi connectivity index (χ2n) is 13.9. The minimum Gasteiger partial charge on any atom is -0.444 e. The van der Waals surface area contributed by atoms with E-state index in [1.165, 1.54) is 0 Å². The normalized spacial score (nSPS) is 23.3. The Morgan fingerprint density at radius 1 is 0.667 bits per heavy atom. The van der Waals surface area contributed by atoms with Crippen molar-refractivity contribution >= 4 is 12.2 Å². The van der Waals surface area contributed by atoms with Gasteiger partial charge in [-0.3, -0.25) is 9.80 Å². The largest absolute Gasteiger partial charge is 0.444 e. The van der Waals surface area contributed by atoms with E-state index in [-0.39, 0.29) is 39.5 Å². The fourth-order valence-electron chi connectivity index (χ4n) is 5.00. The lowest BCUT2D eigenvalue weighted by molar-refractivity contribution is -0.0765. The van der Waals surface area contributed by atoms with Crippen molar-refractivity contribution in [3.05, 3.63) is 71.8 Å². The van der Waals surface area contributed by atoms with Crippen molar-refractivity contribution in [2.75, 3.05) is 26.3 Å². The molecule has 0 radical (unpaired) electrons. The number of nitrogens with zero attached hydrogens (tertiary/aromatic N) is 2. The zero-order valence-electron chi connectivity index (χ0n) is 28.3. The first-order valence-electron chi connectivity index (χ1n) is 15.7. The lowest BCUT2D eigenvalue weighted by atomic mass is 10.1. The molecule has 268 valence electrons. The molecule has 4 rings (SSSR count). The Morgan fingerprint density at radius 2 is 0.979 bits per heavy atom. The smallest absolute Gasteiger partial charge is 0.410 e. The van der Waals surface area contributed by atoms with E-state index in [2.05, 4.69) is 0 Å². The van der Waals surface area contributed by atoms with Crippen LogP contribution in [0.1, 0.15) is 52.7 Å². The molecule has 14 heteroatoms. The summed E-state index contributed by atoms with van der Waals surface area (Å²) in [6, 6.07) is 12.7. The van der Waals surface area contributed by atoms with Crippen molar-refractivity contribution in [1.29, 1.82) is 0 Å². The van der Waals surface area contributed by atoms with Gasteiger partial charge in [0.1, 0.15) is 23.3 Å². The highest BCUT2D eigenvalue weighted by Gasteiger charge is 2.58. The maximum Gasteiger partial charge on any atom is 0.410 e. The number of hydrogen-bond acceptors (Lipinski definition) is 8. The average Bonchev–Trinajstić information content (AvgIpc) is 3.35. The van der Waals surface area contributed by atoms with E-state index in [1.807, 2.05) is 60.7 Å². The first kappa shape index (κ1) is 39.0. The number of halogens is 4. The quantitative estimate of drug-likeness (QED) is 0.346. The van der Waals surface area contributed by atoms with Gasteiger partial charge in [0, 0.05) is 13.1 Å². The van der Waals surface area contributed by atoms with Crippen molar-refractivity contribution in [2.24, 2.45) is 11.5 Å². The van der Waals surface area contributed by atoms with Crippen molar-refractivity contribution in [3.63, 3.8) is 0 Å². The zero-order valence-corrected chi connectivity index (χ0v) is 28.3. The summed E-state index contributed by atoms with van der Waals surface area (Å²) in [6.07, 6.45) is -1.60. The second kappa shape index (κ2) is 15.8. The molecule has 2 aromatic carbocycles. The molecule has 48 heavy (non-hydrogen) atoms. The highest BCUT2D eigenvalue weighted by molar-refractivity contribution is 5.70. The number of carbonyl (C=O) groups excluding carboxylic acids is 2. The van der Waals surface area contributed by atoms with Crippen LogP contribution < -0.4 is 11.5 Å². The maximum absolute atomic E-state index is 14.3. The second-order valence-corrected chi connectivity index (χ2v) is 13.9. The molecule has 2 saturated heterocycles. The summed E-state index contributed by atoms with van der Waals surface area (Å²) >= 11 is 0. The molecule has 0 spiro atoms. The van der Waals surface area contributed by atoms with E-state index >= 15 is 0 Å². The number of amides is 2. The number of alkyl halides is 4. The van der Waals surface area contributed by atoms with E-state index in [0.717, 1.165) is 20.9 Å². The fraction of sp³-hybridized carbons (Fsp3) is 0.588. The summed E-state index contributed by atoms with van der Waals surface area (Å²) in [5.41, 5.74) is 11.2. The van der Waals surface area contributed by atoms with Crippen LogP contribution in [0.15, 0.2) is 60.7 Å². The Hall–Kier alpha value is -3.46. The van der Waals surface area contributed by atoms with Gasteiger partial charge in [0.15, 0.2) is 0 Å². The zero-order chi connectivity index (χ0) is 35.9. The molecule has 0 bridgehead atoms. The molecule has 2 aliphatic heterocycles. The SMILES string of the molecule is CC(C)(C)OC(=O)N1C[C@@H](N)C(F)(F)[C@H]1COCc1ccccc1.CC(C)(C)OC(=O)N1C[C@@H](N)C(F)(F)[C@H]1COCc1ccccc1. The van der Waals surface area contributed by atoms with Gasteiger partial charge in [-0.05, 0) is 52.7 Å². The highest BCUT2D eigenvalue weighted by atomic mass is 19.3. The van der Waals surface area contributed by atoms with Crippen LogP contribution in [-0.4, -0.2) is 95.5 Å². The van der Waals surface area contributed by atoms with Gasteiger partial charge in [-0.2, -0.15) is 0 Å². The molecular formula is C34H48F4N4O6. The van der Waals surface area contributed by atoms with Gasteiger partial charge in [-0.15, -0.1) is 0 Å². The summed E-state index contributed by atoms with van der Waals surface area (Å²) in [5, 5.41) is 0. The molecule has 0 saturated carbocycles. The summed E-state index contributed by atoms with van der Waals surface area (Å²) in [7, 11) is 0. The highest BCUT2D eigenvalue weighted by Crippen LogP contribution is 2.36. The van der Waals surface area contributed by atoms with E-state index in [1.54, 1.807) is 41.5 Å². The molecule has 2 aromatic rings. The van der Waals surface area contributed by atoms with Crippen LogP contribution in [0, 0.1) is 0 Å². The molecule has 2 heterocycles. The van der Waals surface area contributed by atoms with Gasteiger partial charge in [0.2, 0.25) is 0 Å². The molecule has 0 aliphatic carbocycles. The van der Waals surface area contributed by atoms with Crippen LogP contribution in [0.2, 0.25) is 0 Å². The predicted molar refractivity (Wildman–Crippen MR) is 171 cm³/mol. The van der Waals surface area contributed by atoms with Crippen molar-refractivity contribution in [2.45, 2.75) is 102 Å². The van der Waals surface area contributed by atoms with Gasteiger partial charge in [0.25, 0.3) is 11.8 Å². The maximum atomic E-state index is 14.3. The molecule has 10 nitrogen and oxygen atoms in total. The molecule has 4 atom stereocenters. The van der Waals surface area contributed by atoms with Crippen molar-refractivity contribution in [3.8, 4) is 0 Å². The lowest BCUT2D eigenvalue weighted by Crippen LogP contribution is -2.49. The third-order valence-corrected chi connectivity index (χ3v) is 7.45. The Kier molecular flexibility index (Phi) is 12.9. The van der Waals surface area contributed by atoms with Crippen LogP contribution in [0.4, 0.5) is 27.2 Å². The molecule has 0 unspecified atom stereocenters. The first-order valence-corrected chi connectivity index (χ1v) is 15.7. The van der Waals surface area contributed by atoms with E-state index in [4.69, 9.17) is 30.4 Å². The minimum absolute atomic E-state index is 0.185. The minimum atomic E-state index is -3.23. The van der Waals surface area contributed by atoms with E-state index in [0.29, 0.717) is 0 Å². The Bertz CT molecular complexity index is 1220. The number of nitrogens with two attached hydrogens (primary N) is 2. The Balaban J connectivity index is 0.000000260. The molecular weight excluding hydrogens is 636 g/mol. The lowest BCUT2D eigenvalue weighted by Gasteiger charge is -2.30.